The van der Waals surface area contributed by atoms with Crippen LogP contribution in [-0.4, -0.2) is 32.1 Å². The lowest BCUT2D eigenvalue weighted by molar-refractivity contribution is -0.385. The van der Waals surface area contributed by atoms with Crippen molar-refractivity contribution in [2.24, 2.45) is 7.05 Å². The molecule has 11 heteroatoms. The van der Waals surface area contributed by atoms with E-state index in [1.807, 2.05) is 0 Å². The minimum Gasteiger partial charge on any atom is -0.494 e. The average Bonchev–Trinajstić information content (AvgIpc) is 2.90. The molecule has 2 rings (SSSR count). The van der Waals surface area contributed by atoms with Gasteiger partial charge in [-0.05, 0) is 19.1 Å². The van der Waals surface area contributed by atoms with E-state index in [0.29, 0.717) is 6.61 Å². The summed E-state index contributed by atoms with van der Waals surface area (Å²) in [4.78, 5) is 32.9. The van der Waals surface area contributed by atoms with E-state index in [9.17, 15) is 25.0 Å². The molecule has 1 amide bonds. The third-order valence-corrected chi connectivity index (χ3v) is 3.06. The van der Waals surface area contributed by atoms with Gasteiger partial charge in [0.2, 0.25) is 5.69 Å². The van der Waals surface area contributed by atoms with E-state index in [-0.39, 0.29) is 22.8 Å². The van der Waals surface area contributed by atoms with Crippen molar-refractivity contribution in [1.29, 1.82) is 0 Å². The first-order valence-electron chi connectivity index (χ1n) is 6.74. The number of carbonyl (C=O) groups is 1. The molecule has 0 aliphatic heterocycles. The third-order valence-electron chi connectivity index (χ3n) is 3.06. The van der Waals surface area contributed by atoms with Gasteiger partial charge in [-0.25, -0.2) is 0 Å². The summed E-state index contributed by atoms with van der Waals surface area (Å²) >= 11 is 0. The molecule has 0 fully saturated rings. The van der Waals surface area contributed by atoms with Crippen LogP contribution in [0.25, 0.3) is 0 Å². The van der Waals surface area contributed by atoms with Gasteiger partial charge in [0.15, 0.2) is 0 Å². The van der Waals surface area contributed by atoms with Crippen LogP contribution in [0.4, 0.5) is 17.1 Å². The van der Waals surface area contributed by atoms with Crippen molar-refractivity contribution in [3.05, 3.63) is 50.3 Å². The molecule has 0 spiro atoms. The summed E-state index contributed by atoms with van der Waals surface area (Å²) in [6.45, 7) is 2.05. The van der Waals surface area contributed by atoms with Crippen LogP contribution >= 0.6 is 0 Å². The van der Waals surface area contributed by atoms with E-state index < -0.39 is 21.4 Å². The Morgan fingerprint density at radius 2 is 1.96 bits per heavy atom. The lowest BCUT2D eigenvalue weighted by atomic mass is 10.2. The lowest BCUT2D eigenvalue weighted by Gasteiger charge is -2.08. The molecule has 1 heterocycles. The molecule has 0 atom stereocenters. The van der Waals surface area contributed by atoms with Crippen LogP contribution in [0.2, 0.25) is 0 Å². The maximum absolute atomic E-state index is 12.3. The third kappa shape index (κ3) is 3.29. The number of hydrogen-bond acceptors (Lipinski definition) is 7. The second-order valence-corrected chi connectivity index (χ2v) is 4.58. The summed E-state index contributed by atoms with van der Waals surface area (Å²) in [6, 6.07) is 3.91. The SMILES string of the molecule is CCOc1ccc(NC(=O)c2c([N+](=O)[O-])cnn2C)c([N+](=O)[O-])c1. The van der Waals surface area contributed by atoms with Gasteiger partial charge in [0, 0.05) is 7.05 Å². The predicted octanol–water partition coefficient (Wildman–Crippen LogP) is 1.89. The second-order valence-electron chi connectivity index (χ2n) is 4.58. The van der Waals surface area contributed by atoms with Gasteiger partial charge in [0.05, 0.1) is 22.5 Å². The normalized spacial score (nSPS) is 10.2. The molecule has 1 aromatic heterocycles. The Hall–Kier alpha value is -3.50. The molecular weight excluding hydrogens is 322 g/mol. The number of nitrogens with one attached hydrogen (secondary N) is 1. The number of aryl methyl sites for hydroxylation is 1. The average molecular weight is 335 g/mol. The highest BCUT2D eigenvalue weighted by Crippen LogP contribution is 2.30. The summed E-state index contributed by atoms with van der Waals surface area (Å²) < 4.78 is 6.20. The van der Waals surface area contributed by atoms with E-state index in [1.165, 1.54) is 19.2 Å². The first-order valence-corrected chi connectivity index (χ1v) is 6.74. The van der Waals surface area contributed by atoms with Gasteiger partial charge < -0.3 is 10.1 Å². The fourth-order valence-electron chi connectivity index (χ4n) is 2.03. The molecule has 11 nitrogen and oxygen atoms in total. The largest absolute Gasteiger partial charge is 0.494 e. The van der Waals surface area contributed by atoms with Crippen LogP contribution < -0.4 is 10.1 Å². The van der Waals surface area contributed by atoms with Crippen molar-refractivity contribution in [3.63, 3.8) is 0 Å². The molecule has 1 aromatic carbocycles. The monoisotopic (exact) mass is 335 g/mol. The van der Waals surface area contributed by atoms with Crippen molar-refractivity contribution in [2.45, 2.75) is 6.92 Å². The molecule has 0 saturated carbocycles. The van der Waals surface area contributed by atoms with Gasteiger partial charge >= 0.3 is 5.69 Å². The van der Waals surface area contributed by atoms with Crippen LogP contribution in [0.3, 0.4) is 0 Å². The van der Waals surface area contributed by atoms with Gasteiger partial charge in [-0.3, -0.25) is 29.7 Å². The zero-order valence-electron chi connectivity index (χ0n) is 12.8. The first-order chi connectivity index (χ1) is 11.3. The highest BCUT2D eigenvalue weighted by molar-refractivity contribution is 6.06. The van der Waals surface area contributed by atoms with Crippen LogP contribution in [-0.2, 0) is 7.05 Å². The molecule has 0 radical (unpaired) electrons. The van der Waals surface area contributed by atoms with Crippen LogP contribution in [0.5, 0.6) is 5.75 Å². The van der Waals surface area contributed by atoms with Gasteiger partial charge in [-0.15, -0.1) is 0 Å². The van der Waals surface area contributed by atoms with Gasteiger partial charge in [-0.1, -0.05) is 0 Å². The van der Waals surface area contributed by atoms with Crippen LogP contribution in [0, 0.1) is 20.2 Å². The zero-order chi connectivity index (χ0) is 17.9. The number of rotatable bonds is 6. The number of carbonyl (C=O) groups excluding carboxylic acids is 1. The first kappa shape index (κ1) is 16.9. The number of ether oxygens (including phenoxy) is 1. The number of benzene rings is 1. The smallest absolute Gasteiger partial charge is 0.320 e. The Balaban J connectivity index is 2.37. The zero-order valence-corrected chi connectivity index (χ0v) is 12.8. The molecule has 0 unspecified atom stereocenters. The van der Waals surface area contributed by atoms with Crippen molar-refractivity contribution >= 4 is 23.0 Å². The van der Waals surface area contributed by atoms with Gasteiger partial charge in [-0.2, -0.15) is 5.10 Å². The number of nitrogens with zero attached hydrogens (tertiary/aromatic N) is 4. The number of anilines is 1. The van der Waals surface area contributed by atoms with Crippen molar-refractivity contribution in [2.75, 3.05) is 11.9 Å². The number of amides is 1. The summed E-state index contributed by atoms with van der Waals surface area (Å²) in [5, 5.41) is 28.0. The summed E-state index contributed by atoms with van der Waals surface area (Å²) in [5.74, 6) is -0.609. The maximum atomic E-state index is 12.3. The van der Waals surface area contributed by atoms with Crippen LogP contribution in [0.1, 0.15) is 17.4 Å². The topological polar surface area (TPSA) is 142 Å². The summed E-state index contributed by atoms with van der Waals surface area (Å²) in [6.07, 6.45) is 0.932. The van der Waals surface area contributed by atoms with Gasteiger partial charge in [0.1, 0.15) is 17.6 Å². The number of hydrogen-bond donors (Lipinski definition) is 1. The maximum Gasteiger partial charge on any atom is 0.320 e. The van der Waals surface area contributed by atoms with Crippen molar-refractivity contribution in [3.8, 4) is 5.75 Å². The molecule has 1 N–H and O–H groups in total. The lowest BCUT2D eigenvalue weighted by Crippen LogP contribution is -2.18. The quantitative estimate of drug-likeness (QED) is 0.627. The summed E-state index contributed by atoms with van der Waals surface area (Å²) in [7, 11) is 1.36. The van der Waals surface area contributed by atoms with E-state index in [1.54, 1.807) is 6.92 Å². The van der Waals surface area contributed by atoms with E-state index >= 15 is 0 Å². The minimum atomic E-state index is -0.881. The number of nitro benzene ring substituents is 1. The number of nitro groups is 2. The number of aromatic nitrogens is 2. The fraction of sp³-hybridized carbons (Fsp3) is 0.231. The molecule has 24 heavy (non-hydrogen) atoms. The molecule has 2 aromatic rings. The Kier molecular flexibility index (Phi) is 4.73. The fourth-order valence-corrected chi connectivity index (χ4v) is 2.03. The second kappa shape index (κ2) is 6.73. The Bertz CT molecular complexity index is 815. The molecular formula is C13H13N5O6. The minimum absolute atomic E-state index is 0.107. The van der Waals surface area contributed by atoms with E-state index in [4.69, 9.17) is 4.74 Å². The van der Waals surface area contributed by atoms with Gasteiger partial charge in [0.25, 0.3) is 11.6 Å². The molecule has 0 saturated heterocycles. The van der Waals surface area contributed by atoms with Crippen molar-refractivity contribution < 1.29 is 19.4 Å². The Labute approximate surface area is 135 Å². The molecule has 0 bridgehead atoms. The molecule has 0 aliphatic carbocycles. The van der Waals surface area contributed by atoms with E-state index in [2.05, 4.69) is 10.4 Å². The standard InChI is InChI=1S/C13H13N5O6/c1-3-24-8-4-5-9(10(6-8)17(20)21)15-13(19)12-11(18(22)23)7-14-16(12)2/h4-7H,3H2,1-2H3,(H,15,19). The highest BCUT2D eigenvalue weighted by atomic mass is 16.6. The summed E-state index contributed by atoms with van der Waals surface area (Å²) in [5.41, 5.74) is -1.31. The van der Waals surface area contributed by atoms with Crippen molar-refractivity contribution in [1.82, 2.24) is 9.78 Å². The Morgan fingerprint density at radius 3 is 2.54 bits per heavy atom. The van der Waals surface area contributed by atoms with E-state index in [0.717, 1.165) is 16.9 Å². The molecule has 0 aliphatic rings. The van der Waals surface area contributed by atoms with Crippen LogP contribution in [0.15, 0.2) is 24.4 Å². The Morgan fingerprint density at radius 1 is 1.29 bits per heavy atom. The highest BCUT2D eigenvalue weighted by Gasteiger charge is 2.27. The molecule has 126 valence electrons. The predicted molar refractivity (Wildman–Crippen MR) is 82.1 cm³/mol.